The van der Waals surface area contributed by atoms with Gasteiger partial charge in [0.15, 0.2) is 0 Å². The molecule has 0 amide bonds. The maximum atomic E-state index is 12.5. The topological polar surface area (TPSA) is 90.0 Å². The van der Waals surface area contributed by atoms with Gasteiger partial charge >= 0.3 is 31.3 Å². The molecular formula is C13H13F6NO6S2. The fourth-order valence-electron chi connectivity index (χ4n) is 2.41. The van der Waals surface area contributed by atoms with Crippen LogP contribution in [-0.4, -0.2) is 58.0 Å². The molecule has 15 heteroatoms. The highest BCUT2D eigenvalue weighted by Gasteiger charge is 2.54. The zero-order valence-electron chi connectivity index (χ0n) is 13.6. The van der Waals surface area contributed by atoms with Gasteiger partial charge < -0.3 is 0 Å². The van der Waals surface area contributed by atoms with E-state index in [1.165, 1.54) is 4.90 Å². The summed E-state index contributed by atoms with van der Waals surface area (Å²) in [5, 5.41) is 0. The van der Waals surface area contributed by atoms with E-state index in [2.05, 4.69) is 8.37 Å². The molecule has 2 atom stereocenters. The first-order chi connectivity index (χ1) is 12.6. The average molecular weight is 457 g/mol. The Labute approximate surface area is 156 Å². The Bertz CT molecular complexity index is 830. The predicted octanol–water partition coefficient (Wildman–Crippen LogP) is 1.97. The van der Waals surface area contributed by atoms with Crippen molar-refractivity contribution in [3.05, 3.63) is 35.9 Å². The normalized spacial score (nSPS) is 22.5. The van der Waals surface area contributed by atoms with Crippen LogP contribution in [0.4, 0.5) is 26.3 Å². The molecule has 1 aromatic carbocycles. The number of benzene rings is 1. The lowest BCUT2D eigenvalue weighted by atomic mass is 10.2. The van der Waals surface area contributed by atoms with Crippen molar-refractivity contribution in [3.8, 4) is 0 Å². The largest absolute Gasteiger partial charge is 0.523 e. The van der Waals surface area contributed by atoms with Gasteiger partial charge in [-0.1, -0.05) is 30.3 Å². The van der Waals surface area contributed by atoms with E-state index in [0.29, 0.717) is 5.56 Å². The second-order valence-corrected chi connectivity index (χ2v) is 8.88. The lowest BCUT2D eigenvalue weighted by Gasteiger charge is -2.20. The number of rotatable bonds is 6. The van der Waals surface area contributed by atoms with E-state index < -0.39 is 56.6 Å². The highest BCUT2D eigenvalue weighted by Crippen LogP contribution is 2.32. The summed E-state index contributed by atoms with van der Waals surface area (Å²) >= 11 is 0. The summed E-state index contributed by atoms with van der Waals surface area (Å²) in [4.78, 5) is 1.21. The summed E-state index contributed by atoms with van der Waals surface area (Å²) in [6, 6.07) is 8.11. The highest BCUT2D eigenvalue weighted by molar-refractivity contribution is 7.88. The maximum Gasteiger partial charge on any atom is 0.523 e. The summed E-state index contributed by atoms with van der Waals surface area (Å²) < 4.78 is 128. The number of hydrogen-bond acceptors (Lipinski definition) is 7. The van der Waals surface area contributed by atoms with Gasteiger partial charge in [0.25, 0.3) is 0 Å². The van der Waals surface area contributed by atoms with Crippen molar-refractivity contribution in [2.75, 3.05) is 13.1 Å². The minimum Gasteiger partial charge on any atom is -0.294 e. The molecule has 7 nitrogen and oxygen atoms in total. The summed E-state index contributed by atoms with van der Waals surface area (Å²) in [7, 11) is -12.4. The number of hydrogen-bond donors (Lipinski definition) is 0. The smallest absolute Gasteiger partial charge is 0.294 e. The molecule has 2 unspecified atom stereocenters. The summed E-state index contributed by atoms with van der Waals surface area (Å²) in [5.41, 5.74) is -11.1. The minimum absolute atomic E-state index is 0.0152. The molecule has 0 aromatic heterocycles. The number of alkyl halides is 6. The lowest BCUT2D eigenvalue weighted by molar-refractivity contribution is -0.0665. The van der Waals surface area contributed by atoms with Crippen molar-refractivity contribution < 1.29 is 51.5 Å². The Hall–Kier alpha value is -1.42. The molecule has 0 bridgehead atoms. The van der Waals surface area contributed by atoms with Crippen LogP contribution in [0.3, 0.4) is 0 Å². The number of halogens is 6. The highest BCUT2D eigenvalue weighted by atomic mass is 32.2. The molecule has 1 fully saturated rings. The molecule has 28 heavy (non-hydrogen) atoms. The Morgan fingerprint density at radius 1 is 0.821 bits per heavy atom. The number of likely N-dealkylation sites (tertiary alicyclic amines) is 1. The molecule has 1 heterocycles. The molecule has 1 aliphatic heterocycles. The van der Waals surface area contributed by atoms with E-state index in [0.717, 1.165) is 0 Å². The first kappa shape index (κ1) is 22.9. The fourth-order valence-corrected chi connectivity index (χ4v) is 3.65. The molecule has 160 valence electrons. The van der Waals surface area contributed by atoms with Gasteiger partial charge in [-0.3, -0.25) is 13.3 Å². The van der Waals surface area contributed by atoms with Crippen molar-refractivity contribution >= 4 is 20.2 Å². The Morgan fingerprint density at radius 3 is 1.57 bits per heavy atom. The first-order valence-electron chi connectivity index (χ1n) is 7.38. The van der Waals surface area contributed by atoms with E-state index in [9.17, 15) is 43.2 Å². The Morgan fingerprint density at radius 2 is 1.21 bits per heavy atom. The summed E-state index contributed by atoms with van der Waals surface area (Å²) in [6.45, 7) is -1.23. The van der Waals surface area contributed by atoms with Crippen LogP contribution in [0, 0.1) is 0 Å². The Kier molecular flexibility index (Phi) is 6.35. The third-order valence-corrected chi connectivity index (χ3v) is 5.74. The Balaban J connectivity index is 2.24. The third-order valence-electron chi connectivity index (χ3n) is 3.61. The molecule has 1 aliphatic rings. The van der Waals surface area contributed by atoms with Crippen molar-refractivity contribution in [1.82, 2.24) is 4.90 Å². The van der Waals surface area contributed by atoms with Gasteiger partial charge in [-0.25, -0.2) is 0 Å². The zero-order chi connectivity index (χ0) is 21.4. The van der Waals surface area contributed by atoms with Gasteiger partial charge in [-0.2, -0.15) is 43.2 Å². The van der Waals surface area contributed by atoms with E-state index in [4.69, 9.17) is 0 Å². The second kappa shape index (κ2) is 7.78. The fraction of sp³-hybridized carbons (Fsp3) is 0.538. The van der Waals surface area contributed by atoms with E-state index in [1.54, 1.807) is 30.3 Å². The van der Waals surface area contributed by atoms with Gasteiger partial charge in [0.05, 0.1) is 0 Å². The molecule has 0 aliphatic carbocycles. The van der Waals surface area contributed by atoms with E-state index in [-0.39, 0.29) is 6.54 Å². The van der Waals surface area contributed by atoms with E-state index in [1.807, 2.05) is 0 Å². The molecule has 1 saturated heterocycles. The summed E-state index contributed by atoms with van der Waals surface area (Å²) in [5.74, 6) is 0. The van der Waals surface area contributed by atoms with Gasteiger partial charge in [-0.15, -0.1) is 0 Å². The van der Waals surface area contributed by atoms with Crippen molar-refractivity contribution in [3.63, 3.8) is 0 Å². The lowest BCUT2D eigenvalue weighted by Crippen LogP contribution is -2.40. The molecule has 0 spiro atoms. The minimum atomic E-state index is -6.18. The van der Waals surface area contributed by atoms with Crippen LogP contribution in [0.25, 0.3) is 0 Å². The van der Waals surface area contributed by atoms with Gasteiger partial charge in [0, 0.05) is 19.6 Å². The third kappa shape index (κ3) is 5.34. The van der Waals surface area contributed by atoms with Crippen LogP contribution >= 0.6 is 0 Å². The monoisotopic (exact) mass is 457 g/mol. The standard InChI is InChI=1S/C13H13F6NO6S2/c14-12(15,16)27(21,22)25-10-7-20(6-9-4-2-1-3-5-9)8-11(10)26-28(23,24)13(17,18)19/h1-5,10-11H,6-8H2. The van der Waals surface area contributed by atoms with Crippen LogP contribution in [0.5, 0.6) is 0 Å². The maximum absolute atomic E-state index is 12.5. The van der Waals surface area contributed by atoms with Crippen LogP contribution in [0.2, 0.25) is 0 Å². The molecule has 0 N–H and O–H groups in total. The molecule has 2 rings (SSSR count). The van der Waals surface area contributed by atoms with Crippen LogP contribution < -0.4 is 0 Å². The van der Waals surface area contributed by atoms with Crippen LogP contribution in [0.1, 0.15) is 5.56 Å². The van der Waals surface area contributed by atoms with Gasteiger partial charge in [0.1, 0.15) is 12.2 Å². The quantitative estimate of drug-likeness (QED) is 0.367. The SMILES string of the molecule is O=S(=O)(OC1CN(Cc2ccccc2)CC1OS(=O)(=O)C(F)(F)F)C(F)(F)F. The van der Waals surface area contributed by atoms with Crippen LogP contribution in [0.15, 0.2) is 30.3 Å². The van der Waals surface area contributed by atoms with Gasteiger partial charge in [-0.05, 0) is 5.56 Å². The van der Waals surface area contributed by atoms with Crippen molar-refractivity contribution in [2.24, 2.45) is 0 Å². The van der Waals surface area contributed by atoms with E-state index >= 15 is 0 Å². The molecular weight excluding hydrogens is 444 g/mol. The predicted molar refractivity (Wildman–Crippen MR) is 81.4 cm³/mol. The average Bonchev–Trinajstić information content (AvgIpc) is 2.86. The molecule has 0 saturated carbocycles. The second-order valence-electron chi connectivity index (χ2n) is 5.75. The molecule has 0 radical (unpaired) electrons. The van der Waals surface area contributed by atoms with Crippen LogP contribution in [-0.2, 0) is 35.1 Å². The first-order valence-corrected chi connectivity index (χ1v) is 10.2. The number of nitrogens with zero attached hydrogens (tertiary/aromatic N) is 1. The zero-order valence-corrected chi connectivity index (χ0v) is 15.3. The van der Waals surface area contributed by atoms with Gasteiger partial charge in [0.2, 0.25) is 0 Å². The molecule has 1 aromatic rings. The summed E-state index contributed by atoms with van der Waals surface area (Å²) in [6.07, 6.45) is -4.24. The van der Waals surface area contributed by atoms with Crippen molar-refractivity contribution in [1.29, 1.82) is 0 Å². The van der Waals surface area contributed by atoms with Crippen molar-refractivity contribution in [2.45, 2.75) is 29.8 Å².